The molecular weight excluding hydrogens is 324 g/mol. The smallest absolute Gasteiger partial charge is 0.393 e. The molecule has 18 heavy (non-hydrogen) atoms. The van der Waals surface area contributed by atoms with Crippen molar-refractivity contribution in [1.29, 1.82) is 0 Å². The van der Waals surface area contributed by atoms with Gasteiger partial charge in [0.25, 0.3) is 0 Å². The Bertz CT molecular complexity index is 266. The predicted molar refractivity (Wildman–Crippen MR) is 71.4 cm³/mol. The van der Waals surface area contributed by atoms with Crippen molar-refractivity contribution in [3.05, 3.63) is 0 Å². The first kappa shape index (κ1) is 16.8. The molecule has 2 saturated heterocycles. The van der Waals surface area contributed by atoms with Crippen LogP contribution in [0.5, 0.6) is 0 Å². The molecule has 2 fully saturated rings. The van der Waals surface area contributed by atoms with Crippen molar-refractivity contribution in [2.24, 2.45) is 5.73 Å². The summed E-state index contributed by atoms with van der Waals surface area (Å²) >= 11 is 1.40. The van der Waals surface area contributed by atoms with Crippen molar-refractivity contribution in [3.8, 4) is 0 Å². The maximum atomic E-state index is 11.5. The van der Waals surface area contributed by atoms with Crippen LogP contribution in [0.1, 0.15) is 0 Å². The standard InChI is InChI=1S/C7H13NO6P2S.ClH/c8-6(5-17-16-12-3-4-13-16)7(9)14-15-10-1-2-11-15;/h6H,1-5,8H2;1H/t6-;/m1./s1. The zero-order valence-corrected chi connectivity index (χ0v) is 12.8. The fourth-order valence-corrected chi connectivity index (χ4v) is 4.74. The van der Waals surface area contributed by atoms with E-state index in [1.54, 1.807) is 0 Å². The van der Waals surface area contributed by atoms with Crippen LogP contribution in [0.2, 0.25) is 0 Å². The van der Waals surface area contributed by atoms with E-state index in [1.165, 1.54) is 11.4 Å². The van der Waals surface area contributed by atoms with Gasteiger partial charge in [-0.05, 0) is 0 Å². The Morgan fingerprint density at radius 2 is 1.78 bits per heavy atom. The number of carbonyl (C=O) groups is 1. The van der Waals surface area contributed by atoms with Crippen LogP contribution in [0.3, 0.4) is 0 Å². The molecular formula is C7H14ClNO6P2S. The summed E-state index contributed by atoms with van der Waals surface area (Å²) in [6, 6.07) is -0.717. The molecule has 2 heterocycles. The normalized spacial score (nSPS) is 22.7. The summed E-state index contributed by atoms with van der Waals surface area (Å²) in [5.41, 5.74) is 5.68. The van der Waals surface area contributed by atoms with E-state index >= 15 is 0 Å². The largest absolute Gasteiger partial charge is 0.399 e. The van der Waals surface area contributed by atoms with Crippen LogP contribution in [0.15, 0.2) is 0 Å². The van der Waals surface area contributed by atoms with Gasteiger partial charge in [0.1, 0.15) is 6.04 Å². The first-order valence-corrected chi connectivity index (χ1v) is 8.84. The summed E-state index contributed by atoms with van der Waals surface area (Å²) in [6.07, 6.45) is 0. The fourth-order valence-electron chi connectivity index (χ4n) is 0.999. The molecule has 0 aliphatic carbocycles. The van der Waals surface area contributed by atoms with Gasteiger partial charge >= 0.3 is 14.6 Å². The van der Waals surface area contributed by atoms with E-state index in [9.17, 15) is 4.79 Å². The molecule has 1 atom stereocenters. The minimum Gasteiger partial charge on any atom is -0.393 e. The molecule has 0 saturated carbocycles. The highest BCUT2D eigenvalue weighted by molar-refractivity contribution is 8.52. The van der Waals surface area contributed by atoms with Gasteiger partial charge in [0.15, 0.2) is 0 Å². The van der Waals surface area contributed by atoms with E-state index in [0.717, 1.165) is 0 Å². The monoisotopic (exact) mass is 337 g/mol. The summed E-state index contributed by atoms with van der Waals surface area (Å²) in [7, 11) is -2.48. The van der Waals surface area contributed by atoms with E-state index < -0.39 is 28.2 Å². The van der Waals surface area contributed by atoms with Gasteiger partial charge in [0.05, 0.1) is 26.4 Å². The molecule has 0 aromatic rings. The molecule has 2 aliphatic rings. The quantitative estimate of drug-likeness (QED) is 0.756. The molecule has 106 valence electrons. The Morgan fingerprint density at radius 3 is 2.39 bits per heavy atom. The average Bonchev–Trinajstić information content (AvgIpc) is 2.98. The summed E-state index contributed by atoms with van der Waals surface area (Å²) in [4.78, 5) is 11.5. The lowest BCUT2D eigenvalue weighted by atomic mass is 10.4. The summed E-state index contributed by atoms with van der Waals surface area (Å²) in [6.45, 7) is 2.11. The third kappa shape index (κ3) is 5.41. The first-order chi connectivity index (χ1) is 8.25. The summed E-state index contributed by atoms with van der Waals surface area (Å²) in [5.74, 6) is -0.118. The summed E-state index contributed by atoms with van der Waals surface area (Å²) < 4.78 is 25.6. The third-order valence-electron chi connectivity index (χ3n) is 1.78. The Balaban J connectivity index is 0.00000162. The maximum Gasteiger partial charge on any atom is 0.399 e. The highest BCUT2D eigenvalue weighted by Crippen LogP contribution is 2.54. The van der Waals surface area contributed by atoms with Crippen LogP contribution < -0.4 is 5.73 Å². The van der Waals surface area contributed by atoms with E-state index in [2.05, 4.69) is 0 Å². The molecule has 2 N–H and O–H groups in total. The lowest BCUT2D eigenvalue weighted by Crippen LogP contribution is -2.33. The zero-order chi connectivity index (χ0) is 12.1. The minimum absolute atomic E-state index is 0. The Hall–Kier alpha value is 0.770. The topological polar surface area (TPSA) is 89.2 Å². The maximum absolute atomic E-state index is 11.5. The minimum atomic E-state index is -1.53. The summed E-state index contributed by atoms with van der Waals surface area (Å²) in [5, 5.41) is 0. The number of hydrogen-bond acceptors (Lipinski definition) is 8. The number of halogens is 1. The molecule has 0 bridgehead atoms. The van der Waals surface area contributed by atoms with Crippen molar-refractivity contribution in [2.45, 2.75) is 6.04 Å². The molecule has 0 spiro atoms. The van der Waals surface area contributed by atoms with Crippen LogP contribution in [0.25, 0.3) is 0 Å². The lowest BCUT2D eigenvalue weighted by molar-refractivity contribution is -0.135. The Labute approximate surface area is 117 Å². The van der Waals surface area contributed by atoms with Gasteiger partial charge in [0.2, 0.25) is 7.58 Å². The lowest BCUT2D eigenvalue weighted by Gasteiger charge is -2.13. The van der Waals surface area contributed by atoms with Crippen molar-refractivity contribution in [1.82, 2.24) is 0 Å². The van der Waals surface area contributed by atoms with Gasteiger partial charge in [0, 0.05) is 5.75 Å². The molecule has 11 heteroatoms. The van der Waals surface area contributed by atoms with E-state index in [1.807, 2.05) is 0 Å². The van der Waals surface area contributed by atoms with Gasteiger partial charge in [-0.2, -0.15) is 0 Å². The van der Waals surface area contributed by atoms with Crippen LogP contribution in [0.4, 0.5) is 0 Å². The van der Waals surface area contributed by atoms with Gasteiger partial charge < -0.3 is 19.3 Å². The second-order valence-electron chi connectivity index (χ2n) is 3.09. The average molecular weight is 338 g/mol. The van der Waals surface area contributed by atoms with Crippen LogP contribution in [-0.2, 0) is 27.4 Å². The van der Waals surface area contributed by atoms with E-state index in [-0.39, 0.29) is 12.4 Å². The Morgan fingerprint density at radius 1 is 1.22 bits per heavy atom. The van der Waals surface area contributed by atoms with Crippen molar-refractivity contribution >= 4 is 45.9 Å². The highest BCUT2D eigenvalue weighted by atomic mass is 35.5. The van der Waals surface area contributed by atoms with Gasteiger partial charge in [-0.15, -0.1) is 12.4 Å². The highest BCUT2D eigenvalue weighted by Gasteiger charge is 2.28. The van der Waals surface area contributed by atoms with E-state index in [0.29, 0.717) is 32.2 Å². The number of rotatable bonds is 5. The van der Waals surface area contributed by atoms with Crippen LogP contribution >= 0.6 is 40.0 Å². The second-order valence-corrected chi connectivity index (χ2v) is 7.46. The SMILES string of the molecule is Cl.N[C@H](CSP1OCCO1)C(=O)OP1OCCO1. The van der Waals surface area contributed by atoms with Gasteiger partial charge in [-0.1, -0.05) is 11.4 Å². The molecule has 2 rings (SSSR count). The third-order valence-corrected chi connectivity index (χ3v) is 6.11. The molecule has 2 aliphatic heterocycles. The van der Waals surface area contributed by atoms with Crippen molar-refractivity contribution in [2.75, 3.05) is 32.2 Å². The molecule has 0 aromatic heterocycles. The van der Waals surface area contributed by atoms with E-state index in [4.69, 9.17) is 28.4 Å². The van der Waals surface area contributed by atoms with Crippen molar-refractivity contribution in [3.63, 3.8) is 0 Å². The fraction of sp³-hybridized carbons (Fsp3) is 0.857. The van der Waals surface area contributed by atoms with Gasteiger partial charge in [-0.3, -0.25) is 13.8 Å². The Kier molecular flexibility index (Phi) is 8.27. The molecule has 7 nitrogen and oxygen atoms in total. The number of hydrogen-bond donors (Lipinski definition) is 1. The second kappa shape index (κ2) is 8.84. The zero-order valence-electron chi connectivity index (χ0n) is 9.35. The first-order valence-electron chi connectivity index (χ1n) is 4.98. The molecule has 0 amide bonds. The van der Waals surface area contributed by atoms with Crippen molar-refractivity contribution < 1.29 is 27.4 Å². The molecule has 0 radical (unpaired) electrons. The van der Waals surface area contributed by atoms with Crippen LogP contribution in [-0.4, -0.2) is 44.2 Å². The number of carbonyl (C=O) groups excluding carboxylic acids is 1. The molecule has 0 aromatic carbocycles. The number of nitrogens with two attached hydrogens (primary N) is 1. The molecule has 0 unspecified atom stereocenters. The van der Waals surface area contributed by atoms with Crippen LogP contribution in [0, 0.1) is 0 Å². The predicted octanol–water partition coefficient (Wildman–Crippen LogP) is 1.56. The van der Waals surface area contributed by atoms with Gasteiger partial charge in [-0.25, -0.2) is 0 Å².